The molecule has 0 aliphatic carbocycles. The third-order valence-corrected chi connectivity index (χ3v) is 5.15. The SMILES string of the molecule is C=CCn1c(COc2ccccc2F)nnc1SCc1nc(-c2ccc(F)cc2)no1. The summed E-state index contributed by atoms with van der Waals surface area (Å²) in [4.78, 5) is 4.33. The molecular weight excluding hydrogens is 424 g/mol. The molecule has 0 aliphatic heterocycles. The lowest BCUT2D eigenvalue weighted by molar-refractivity contribution is 0.275. The third-order valence-electron chi connectivity index (χ3n) is 4.19. The summed E-state index contributed by atoms with van der Waals surface area (Å²) < 4.78 is 39.5. The van der Waals surface area contributed by atoms with Crippen molar-refractivity contribution in [1.29, 1.82) is 0 Å². The van der Waals surface area contributed by atoms with E-state index in [0.717, 1.165) is 0 Å². The maximum absolute atomic E-state index is 13.8. The first-order chi connectivity index (χ1) is 15.1. The topological polar surface area (TPSA) is 78.9 Å². The van der Waals surface area contributed by atoms with E-state index in [-0.39, 0.29) is 18.2 Å². The van der Waals surface area contributed by atoms with Crippen molar-refractivity contribution in [2.45, 2.75) is 24.1 Å². The number of hydrogen-bond donors (Lipinski definition) is 0. The summed E-state index contributed by atoms with van der Waals surface area (Å²) in [6, 6.07) is 12.0. The molecule has 0 spiro atoms. The van der Waals surface area contributed by atoms with Crippen LogP contribution in [0.3, 0.4) is 0 Å². The lowest BCUT2D eigenvalue weighted by Crippen LogP contribution is -2.08. The van der Waals surface area contributed by atoms with Crippen LogP contribution in [0.2, 0.25) is 0 Å². The molecule has 0 N–H and O–H groups in total. The van der Waals surface area contributed by atoms with Crippen molar-refractivity contribution in [3.63, 3.8) is 0 Å². The molecule has 0 fully saturated rings. The number of rotatable bonds is 9. The van der Waals surface area contributed by atoms with Gasteiger partial charge in [0.15, 0.2) is 22.5 Å². The Morgan fingerprint density at radius 1 is 1.10 bits per heavy atom. The predicted octanol–water partition coefficient (Wildman–Crippen LogP) is 4.66. The van der Waals surface area contributed by atoms with Gasteiger partial charge in [-0.1, -0.05) is 35.1 Å². The highest BCUT2D eigenvalue weighted by Gasteiger charge is 2.16. The van der Waals surface area contributed by atoms with E-state index < -0.39 is 5.82 Å². The number of ether oxygens (including phenoxy) is 1. The highest BCUT2D eigenvalue weighted by Crippen LogP contribution is 2.24. The molecular formula is C21H17F2N5O2S. The van der Waals surface area contributed by atoms with E-state index in [2.05, 4.69) is 26.9 Å². The molecule has 0 saturated heterocycles. The molecule has 7 nitrogen and oxygen atoms in total. The summed E-state index contributed by atoms with van der Waals surface area (Å²) >= 11 is 1.35. The molecule has 0 saturated carbocycles. The number of aromatic nitrogens is 5. The minimum Gasteiger partial charge on any atom is -0.483 e. The number of benzene rings is 2. The molecule has 31 heavy (non-hydrogen) atoms. The first kappa shape index (κ1) is 20.7. The fraction of sp³-hybridized carbons (Fsp3) is 0.143. The number of nitrogens with zero attached hydrogens (tertiary/aromatic N) is 5. The molecule has 4 aromatic rings. The quantitative estimate of drug-likeness (QED) is 0.276. The van der Waals surface area contributed by atoms with Crippen LogP contribution in [0.1, 0.15) is 11.7 Å². The van der Waals surface area contributed by atoms with Crippen LogP contribution in [0.4, 0.5) is 8.78 Å². The summed E-state index contributed by atoms with van der Waals surface area (Å²) in [6.07, 6.45) is 1.71. The van der Waals surface area contributed by atoms with E-state index in [9.17, 15) is 8.78 Å². The average Bonchev–Trinajstić information content (AvgIpc) is 3.40. The molecule has 0 atom stereocenters. The van der Waals surface area contributed by atoms with E-state index in [0.29, 0.717) is 40.6 Å². The van der Waals surface area contributed by atoms with Crippen molar-refractivity contribution >= 4 is 11.8 Å². The fourth-order valence-electron chi connectivity index (χ4n) is 2.71. The van der Waals surface area contributed by atoms with Gasteiger partial charge in [0.2, 0.25) is 11.7 Å². The van der Waals surface area contributed by atoms with Gasteiger partial charge in [0, 0.05) is 12.1 Å². The molecule has 2 aromatic carbocycles. The number of para-hydroxylation sites is 1. The van der Waals surface area contributed by atoms with Gasteiger partial charge >= 0.3 is 0 Å². The van der Waals surface area contributed by atoms with Crippen LogP contribution >= 0.6 is 11.8 Å². The first-order valence-electron chi connectivity index (χ1n) is 9.25. The highest BCUT2D eigenvalue weighted by atomic mass is 32.2. The van der Waals surface area contributed by atoms with E-state index in [1.807, 2.05) is 4.57 Å². The van der Waals surface area contributed by atoms with Gasteiger partial charge in [-0.2, -0.15) is 4.98 Å². The van der Waals surface area contributed by atoms with Gasteiger partial charge in [0.25, 0.3) is 0 Å². The van der Waals surface area contributed by atoms with Crippen molar-refractivity contribution in [3.05, 3.63) is 84.5 Å². The van der Waals surface area contributed by atoms with Gasteiger partial charge in [0.05, 0.1) is 5.75 Å². The van der Waals surface area contributed by atoms with E-state index in [4.69, 9.17) is 9.26 Å². The number of allylic oxidation sites excluding steroid dienone is 1. The van der Waals surface area contributed by atoms with Crippen LogP contribution in [0.25, 0.3) is 11.4 Å². The van der Waals surface area contributed by atoms with Gasteiger partial charge in [-0.25, -0.2) is 8.78 Å². The van der Waals surface area contributed by atoms with E-state index >= 15 is 0 Å². The second kappa shape index (κ2) is 9.52. The molecule has 2 heterocycles. The van der Waals surface area contributed by atoms with Crippen LogP contribution in [-0.2, 0) is 18.9 Å². The second-order valence-corrected chi connectivity index (χ2v) is 7.27. The molecule has 0 radical (unpaired) electrons. The lowest BCUT2D eigenvalue weighted by Gasteiger charge is -2.09. The molecule has 4 rings (SSSR count). The Kier molecular flexibility index (Phi) is 6.37. The number of halogens is 2. The largest absolute Gasteiger partial charge is 0.483 e. The standard InChI is InChI=1S/C21H17F2N5O2S/c1-2-11-28-18(12-29-17-6-4-3-5-16(17)23)25-26-21(28)31-13-19-24-20(27-30-19)14-7-9-15(22)10-8-14/h2-10H,1,11-13H2. The highest BCUT2D eigenvalue weighted by molar-refractivity contribution is 7.98. The first-order valence-corrected chi connectivity index (χ1v) is 10.2. The Labute approximate surface area is 180 Å². The Morgan fingerprint density at radius 3 is 2.68 bits per heavy atom. The molecule has 0 bridgehead atoms. The zero-order chi connectivity index (χ0) is 21.6. The third kappa shape index (κ3) is 4.97. The van der Waals surface area contributed by atoms with Crippen LogP contribution in [0, 0.1) is 11.6 Å². The molecule has 0 aliphatic rings. The van der Waals surface area contributed by atoms with Gasteiger partial charge in [-0.15, -0.1) is 16.8 Å². The van der Waals surface area contributed by atoms with E-state index in [1.165, 1.54) is 30.0 Å². The van der Waals surface area contributed by atoms with Gasteiger partial charge in [0.1, 0.15) is 12.4 Å². The Balaban J connectivity index is 1.43. The van der Waals surface area contributed by atoms with Gasteiger partial charge < -0.3 is 9.26 Å². The van der Waals surface area contributed by atoms with Crippen LogP contribution < -0.4 is 4.74 Å². The summed E-state index contributed by atoms with van der Waals surface area (Å²) in [7, 11) is 0. The number of hydrogen-bond acceptors (Lipinski definition) is 7. The zero-order valence-electron chi connectivity index (χ0n) is 16.2. The van der Waals surface area contributed by atoms with Crippen LogP contribution in [0.15, 0.2) is 70.9 Å². The van der Waals surface area contributed by atoms with E-state index in [1.54, 1.807) is 36.4 Å². The lowest BCUT2D eigenvalue weighted by atomic mass is 10.2. The predicted molar refractivity (Wildman–Crippen MR) is 110 cm³/mol. The fourth-order valence-corrected chi connectivity index (χ4v) is 3.51. The monoisotopic (exact) mass is 441 g/mol. The molecule has 158 valence electrons. The second-order valence-electron chi connectivity index (χ2n) is 6.32. The van der Waals surface area contributed by atoms with Crippen LogP contribution in [0.5, 0.6) is 5.75 Å². The summed E-state index contributed by atoms with van der Waals surface area (Å²) in [5, 5.41) is 12.9. The van der Waals surface area contributed by atoms with Gasteiger partial charge in [-0.3, -0.25) is 4.57 Å². The smallest absolute Gasteiger partial charge is 0.237 e. The average molecular weight is 441 g/mol. The Bertz CT molecular complexity index is 1180. The van der Waals surface area contributed by atoms with Crippen molar-refractivity contribution in [2.75, 3.05) is 0 Å². The Morgan fingerprint density at radius 2 is 1.90 bits per heavy atom. The van der Waals surface area contributed by atoms with Crippen molar-refractivity contribution in [3.8, 4) is 17.1 Å². The maximum atomic E-state index is 13.8. The summed E-state index contributed by atoms with van der Waals surface area (Å²) in [5.41, 5.74) is 0.656. The summed E-state index contributed by atoms with van der Waals surface area (Å²) in [5.74, 6) is 1.02. The van der Waals surface area contributed by atoms with Crippen LogP contribution in [-0.4, -0.2) is 24.9 Å². The van der Waals surface area contributed by atoms with Crippen molar-refractivity contribution in [1.82, 2.24) is 24.9 Å². The molecule has 0 unspecified atom stereocenters. The Hall–Kier alpha value is -3.53. The van der Waals surface area contributed by atoms with Gasteiger partial charge in [-0.05, 0) is 36.4 Å². The molecule has 2 aromatic heterocycles. The number of thioether (sulfide) groups is 1. The minimum atomic E-state index is -0.444. The maximum Gasteiger partial charge on any atom is 0.237 e. The van der Waals surface area contributed by atoms with Crippen molar-refractivity contribution < 1.29 is 18.0 Å². The minimum absolute atomic E-state index is 0.0532. The van der Waals surface area contributed by atoms with Crippen molar-refractivity contribution in [2.24, 2.45) is 0 Å². The molecule has 10 heteroatoms. The zero-order valence-corrected chi connectivity index (χ0v) is 17.1. The normalized spacial score (nSPS) is 10.9. The molecule has 0 amide bonds. The summed E-state index contributed by atoms with van der Waals surface area (Å²) in [6.45, 7) is 4.27.